The van der Waals surface area contributed by atoms with Crippen molar-refractivity contribution in [1.82, 2.24) is 0 Å². The van der Waals surface area contributed by atoms with Crippen molar-refractivity contribution in [3.8, 4) is 0 Å². The van der Waals surface area contributed by atoms with E-state index in [1.54, 1.807) is 0 Å². The SMILES string of the molecule is CC1=C(C(=C2CCCCC2)c2ccccc2C)C(=C=O)CC1=O. The van der Waals surface area contributed by atoms with Gasteiger partial charge in [0.1, 0.15) is 5.94 Å². The fourth-order valence-corrected chi connectivity index (χ4v) is 3.76. The number of aryl methyl sites for hydroxylation is 1. The van der Waals surface area contributed by atoms with Crippen LogP contribution in [0.25, 0.3) is 5.57 Å². The van der Waals surface area contributed by atoms with Crippen molar-refractivity contribution >= 4 is 17.3 Å². The van der Waals surface area contributed by atoms with Crippen LogP contribution in [0.5, 0.6) is 0 Å². The van der Waals surface area contributed by atoms with Crippen LogP contribution in [0.1, 0.15) is 56.6 Å². The largest absolute Gasteiger partial charge is 0.294 e. The van der Waals surface area contributed by atoms with Crippen LogP contribution in [0, 0.1) is 6.92 Å². The van der Waals surface area contributed by atoms with Crippen molar-refractivity contribution in [2.45, 2.75) is 52.4 Å². The summed E-state index contributed by atoms with van der Waals surface area (Å²) < 4.78 is 0. The van der Waals surface area contributed by atoms with Crippen molar-refractivity contribution < 1.29 is 9.59 Å². The molecule has 0 atom stereocenters. The highest BCUT2D eigenvalue weighted by Crippen LogP contribution is 2.43. The highest BCUT2D eigenvalue weighted by Gasteiger charge is 2.30. The van der Waals surface area contributed by atoms with Crippen LogP contribution < -0.4 is 0 Å². The molecule has 0 spiro atoms. The van der Waals surface area contributed by atoms with Gasteiger partial charge in [0, 0.05) is 17.6 Å². The number of allylic oxidation sites excluding steroid dienone is 5. The Morgan fingerprint density at radius 2 is 1.74 bits per heavy atom. The first-order chi connectivity index (χ1) is 11.1. The van der Waals surface area contributed by atoms with Gasteiger partial charge >= 0.3 is 0 Å². The van der Waals surface area contributed by atoms with Crippen molar-refractivity contribution in [2.75, 3.05) is 0 Å². The van der Waals surface area contributed by atoms with E-state index >= 15 is 0 Å². The average molecular weight is 306 g/mol. The van der Waals surface area contributed by atoms with Crippen molar-refractivity contribution in [1.29, 1.82) is 0 Å². The molecule has 1 aromatic carbocycles. The molecule has 1 saturated carbocycles. The van der Waals surface area contributed by atoms with Gasteiger partial charge in [0.15, 0.2) is 5.78 Å². The normalized spacial score (nSPS) is 18.4. The van der Waals surface area contributed by atoms with Gasteiger partial charge in [0.05, 0.1) is 5.57 Å². The molecular weight excluding hydrogens is 284 g/mol. The van der Waals surface area contributed by atoms with Gasteiger partial charge in [-0.05, 0) is 56.2 Å². The summed E-state index contributed by atoms with van der Waals surface area (Å²) in [5, 5.41) is 0. The predicted octanol–water partition coefficient (Wildman–Crippen LogP) is 4.76. The summed E-state index contributed by atoms with van der Waals surface area (Å²) in [6.45, 7) is 3.94. The second kappa shape index (κ2) is 6.52. The lowest BCUT2D eigenvalue weighted by Gasteiger charge is -2.22. The molecule has 0 heterocycles. The van der Waals surface area contributed by atoms with Crippen LogP contribution in [0.3, 0.4) is 0 Å². The zero-order chi connectivity index (χ0) is 16.4. The number of benzene rings is 1. The van der Waals surface area contributed by atoms with Gasteiger partial charge < -0.3 is 0 Å². The zero-order valence-electron chi connectivity index (χ0n) is 13.9. The Kier molecular flexibility index (Phi) is 4.45. The van der Waals surface area contributed by atoms with E-state index in [2.05, 4.69) is 19.1 Å². The van der Waals surface area contributed by atoms with Gasteiger partial charge in [-0.1, -0.05) is 36.3 Å². The maximum Gasteiger partial charge on any atom is 0.164 e. The Bertz CT molecular complexity index is 763. The van der Waals surface area contributed by atoms with Gasteiger partial charge in [0.25, 0.3) is 0 Å². The molecule has 2 heteroatoms. The number of hydrogen-bond acceptors (Lipinski definition) is 2. The molecule has 0 aromatic heterocycles. The summed E-state index contributed by atoms with van der Waals surface area (Å²) in [6, 6.07) is 8.26. The van der Waals surface area contributed by atoms with E-state index in [0.29, 0.717) is 5.57 Å². The molecule has 0 aliphatic heterocycles. The third-order valence-electron chi connectivity index (χ3n) is 5.03. The Morgan fingerprint density at radius 3 is 2.39 bits per heavy atom. The third kappa shape index (κ3) is 2.87. The van der Waals surface area contributed by atoms with E-state index in [0.717, 1.165) is 35.1 Å². The first-order valence-electron chi connectivity index (χ1n) is 8.40. The highest BCUT2D eigenvalue weighted by atomic mass is 16.1. The summed E-state index contributed by atoms with van der Waals surface area (Å²) in [7, 11) is 0. The maximum atomic E-state index is 12.2. The second-order valence-electron chi connectivity index (χ2n) is 6.53. The monoisotopic (exact) mass is 306 g/mol. The number of carbonyl (C=O) groups excluding carboxylic acids is 2. The van der Waals surface area contributed by atoms with Crippen molar-refractivity contribution in [3.63, 3.8) is 0 Å². The fraction of sp³-hybridized carbons (Fsp3) is 0.381. The highest BCUT2D eigenvalue weighted by molar-refractivity contribution is 6.10. The topological polar surface area (TPSA) is 34.1 Å². The van der Waals surface area contributed by atoms with Gasteiger partial charge in [-0.25, -0.2) is 4.79 Å². The molecule has 23 heavy (non-hydrogen) atoms. The molecule has 0 unspecified atom stereocenters. The predicted molar refractivity (Wildman–Crippen MR) is 92.7 cm³/mol. The molecule has 2 aliphatic rings. The molecule has 0 N–H and O–H groups in total. The van der Waals surface area contributed by atoms with E-state index in [1.807, 2.05) is 25.0 Å². The van der Waals surface area contributed by atoms with E-state index in [4.69, 9.17) is 0 Å². The molecular formula is C21H22O2. The molecule has 0 saturated heterocycles. The van der Waals surface area contributed by atoms with Gasteiger partial charge in [0.2, 0.25) is 0 Å². The van der Waals surface area contributed by atoms with E-state index in [-0.39, 0.29) is 12.2 Å². The zero-order valence-corrected chi connectivity index (χ0v) is 13.9. The van der Waals surface area contributed by atoms with Crippen LogP contribution in [-0.2, 0) is 9.59 Å². The summed E-state index contributed by atoms with van der Waals surface area (Å²) in [5.41, 5.74) is 6.97. The summed E-state index contributed by atoms with van der Waals surface area (Å²) in [4.78, 5) is 23.6. The van der Waals surface area contributed by atoms with Crippen molar-refractivity contribution in [2.24, 2.45) is 0 Å². The Morgan fingerprint density at radius 1 is 1.04 bits per heavy atom. The summed E-state index contributed by atoms with van der Waals surface area (Å²) in [5.74, 6) is 2.09. The maximum absolute atomic E-state index is 12.2. The van der Waals surface area contributed by atoms with Crippen LogP contribution in [0.2, 0.25) is 0 Å². The van der Waals surface area contributed by atoms with Crippen LogP contribution in [0.4, 0.5) is 0 Å². The van der Waals surface area contributed by atoms with Gasteiger partial charge in [-0.2, -0.15) is 0 Å². The Labute approximate surface area is 137 Å². The summed E-state index contributed by atoms with van der Waals surface area (Å²) in [6.07, 6.45) is 5.95. The lowest BCUT2D eigenvalue weighted by atomic mass is 9.81. The molecule has 2 aliphatic carbocycles. The minimum atomic E-state index is 0.0563. The first kappa shape index (κ1) is 15.7. The lowest BCUT2D eigenvalue weighted by Crippen LogP contribution is -2.04. The minimum Gasteiger partial charge on any atom is -0.294 e. The fourth-order valence-electron chi connectivity index (χ4n) is 3.76. The molecule has 1 fully saturated rings. The number of ketones is 1. The lowest BCUT2D eigenvalue weighted by molar-refractivity contribution is -0.114. The molecule has 0 bridgehead atoms. The van der Waals surface area contributed by atoms with Gasteiger partial charge in [-0.3, -0.25) is 4.79 Å². The average Bonchev–Trinajstić information content (AvgIpc) is 2.86. The molecule has 3 rings (SSSR count). The Hall–Kier alpha value is -2.18. The second-order valence-corrected chi connectivity index (χ2v) is 6.53. The van der Waals surface area contributed by atoms with Crippen LogP contribution in [-0.4, -0.2) is 11.7 Å². The Balaban J connectivity index is 2.28. The van der Waals surface area contributed by atoms with Crippen LogP contribution in [0.15, 0.2) is 46.6 Å². The number of rotatable bonds is 2. The number of Topliss-reactive ketones (excluding diaryl/α,β-unsaturated/α-hetero) is 1. The van der Waals surface area contributed by atoms with Gasteiger partial charge in [-0.15, -0.1) is 0 Å². The molecule has 1 aromatic rings. The molecule has 0 radical (unpaired) electrons. The standard InChI is InChI=1S/C21H22O2/c1-14-8-6-7-11-18(14)21(16-9-4-3-5-10-16)20-15(2)19(23)12-17(20)13-22/h6-8,11H,3-5,9-10,12H2,1-2H3. The first-order valence-corrected chi connectivity index (χ1v) is 8.40. The molecule has 118 valence electrons. The third-order valence-corrected chi connectivity index (χ3v) is 5.03. The summed E-state index contributed by atoms with van der Waals surface area (Å²) >= 11 is 0. The molecule has 2 nitrogen and oxygen atoms in total. The van der Waals surface area contributed by atoms with E-state index in [9.17, 15) is 9.59 Å². The van der Waals surface area contributed by atoms with Crippen LogP contribution >= 0.6 is 0 Å². The van der Waals surface area contributed by atoms with E-state index in [1.165, 1.54) is 30.4 Å². The number of carbonyl (C=O) groups is 1. The number of hydrogen-bond donors (Lipinski definition) is 0. The quantitative estimate of drug-likeness (QED) is 0.738. The van der Waals surface area contributed by atoms with Crippen molar-refractivity contribution in [3.05, 3.63) is 57.7 Å². The smallest absolute Gasteiger partial charge is 0.164 e. The van der Waals surface area contributed by atoms with E-state index < -0.39 is 0 Å². The molecule has 0 amide bonds. The minimum absolute atomic E-state index is 0.0563.